The molecular formula is C11H11NO2. The zero-order valence-electron chi connectivity index (χ0n) is 8.11. The van der Waals surface area contributed by atoms with Crippen molar-refractivity contribution in [3.05, 3.63) is 30.0 Å². The molecule has 0 amide bonds. The molecule has 0 aliphatic heterocycles. The summed E-state index contributed by atoms with van der Waals surface area (Å²) in [5, 5.41) is 10.4. The van der Waals surface area contributed by atoms with Crippen molar-refractivity contribution >= 4 is 10.9 Å². The first kappa shape index (κ1) is 8.81. The standard InChI is InChI=1S/C11H11NO2/c1-7-8-4-3-5-10(14-2)11(8)12-6-9(7)13/h3-6,13H,1-2H3. The van der Waals surface area contributed by atoms with Crippen LogP contribution >= 0.6 is 0 Å². The molecule has 0 saturated heterocycles. The predicted octanol–water partition coefficient (Wildman–Crippen LogP) is 2.26. The quantitative estimate of drug-likeness (QED) is 0.748. The van der Waals surface area contributed by atoms with Crippen LogP contribution in [-0.4, -0.2) is 17.2 Å². The molecule has 0 spiro atoms. The van der Waals surface area contributed by atoms with E-state index in [0.717, 1.165) is 22.2 Å². The monoisotopic (exact) mass is 189 g/mol. The minimum absolute atomic E-state index is 0.214. The molecule has 0 bridgehead atoms. The maximum absolute atomic E-state index is 9.48. The molecule has 1 N–H and O–H groups in total. The van der Waals surface area contributed by atoms with Gasteiger partial charge in [0.05, 0.1) is 13.3 Å². The minimum atomic E-state index is 0.214. The third-order valence-corrected chi connectivity index (χ3v) is 2.32. The Morgan fingerprint density at radius 1 is 1.36 bits per heavy atom. The molecule has 2 aromatic rings. The fraction of sp³-hybridized carbons (Fsp3) is 0.182. The number of rotatable bonds is 1. The molecule has 0 aliphatic carbocycles. The molecule has 2 rings (SSSR count). The molecule has 1 heterocycles. The first-order valence-electron chi connectivity index (χ1n) is 4.35. The SMILES string of the molecule is COc1cccc2c(C)c(O)cnc12. The highest BCUT2D eigenvalue weighted by Gasteiger charge is 2.06. The summed E-state index contributed by atoms with van der Waals surface area (Å²) in [6.45, 7) is 1.86. The van der Waals surface area contributed by atoms with Crippen LogP contribution in [0, 0.1) is 6.92 Å². The van der Waals surface area contributed by atoms with Crippen LogP contribution in [-0.2, 0) is 0 Å². The molecule has 0 radical (unpaired) electrons. The summed E-state index contributed by atoms with van der Waals surface area (Å²) >= 11 is 0. The maximum Gasteiger partial charge on any atom is 0.145 e. The van der Waals surface area contributed by atoms with Crippen molar-refractivity contribution in [2.45, 2.75) is 6.92 Å². The molecule has 3 nitrogen and oxygen atoms in total. The van der Waals surface area contributed by atoms with Crippen LogP contribution in [0.15, 0.2) is 24.4 Å². The third kappa shape index (κ3) is 1.18. The number of pyridine rings is 1. The molecule has 1 aromatic carbocycles. The summed E-state index contributed by atoms with van der Waals surface area (Å²) in [4.78, 5) is 4.14. The maximum atomic E-state index is 9.48. The van der Waals surface area contributed by atoms with Gasteiger partial charge in [-0.1, -0.05) is 12.1 Å². The second kappa shape index (κ2) is 3.18. The lowest BCUT2D eigenvalue weighted by Gasteiger charge is -2.07. The molecule has 14 heavy (non-hydrogen) atoms. The third-order valence-electron chi connectivity index (χ3n) is 2.32. The zero-order valence-corrected chi connectivity index (χ0v) is 8.11. The van der Waals surface area contributed by atoms with Crippen LogP contribution in [0.1, 0.15) is 5.56 Å². The van der Waals surface area contributed by atoms with Gasteiger partial charge in [-0.15, -0.1) is 0 Å². The number of methoxy groups -OCH3 is 1. The van der Waals surface area contributed by atoms with Crippen LogP contribution in [0.5, 0.6) is 11.5 Å². The Hall–Kier alpha value is -1.77. The van der Waals surface area contributed by atoms with Gasteiger partial charge in [-0.3, -0.25) is 0 Å². The molecule has 0 atom stereocenters. The molecular weight excluding hydrogens is 178 g/mol. The Morgan fingerprint density at radius 2 is 2.14 bits per heavy atom. The van der Waals surface area contributed by atoms with Crippen molar-refractivity contribution < 1.29 is 9.84 Å². The van der Waals surface area contributed by atoms with Crippen molar-refractivity contribution in [1.29, 1.82) is 0 Å². The van der Waals surface area contributed by atoms with Gasteiger partial charge in [-0.25, -0.2) is 4.98 Å². The number of nitrogens with zero attached hydrogens (tertiary/aromatic N) is 1. The lowest BCUT2D eigenvalue weighted by molar-refractivity contribution is 0.418. The lowest BCUT2D eigenvalue weighted by Crippen LogP contribution is -1.89. The first-order chi connectivity index (χ1) is 6.74. The highest BCUT2D eigenvalue weighted by Crippen LogP contribution is 2.29. The van der Waals surface area contributed by atoms with Gasteiger partial charge in [0.2, 0.25) is 0 Å². The second-order valence-corrected chi connectivity index (χ2v) is 3.12. The van der Waals surface area contributed by atoms with Gasteiger partial charge < -0.3 is 9.84 Å². The highest BCUT2D eigenvalue weighted by molar-refractivity contribution is 5.88. The van der Waals surface area contributed by atoms with Crippen LogP contribution in [0.2, 0.25) is 0 Å². The van der Waals surface area contributed by atoms with E-state index in [0.29, 0.717) is 0 Å². The number of benzene rings is 1. The smallest absolute Gasteiger partial charge is 0.145 e. The van der Waals surface area contributed by atoms with Crippen LogP contribution < -0.4 is 4.74 Å². The number of aromatic hydroxyl groups is 1. The average Bonchev–Trinajstić information content (AvgIpc) is 2.23. The van der Waals surface area contributed by atoms with Gasteiger partial charge in [-0.05, 0) is 13.0 Å². The number of aryl methyl sites for hydroxylation is 1. The van der Waals surface area contributed by atoms with Crippen molar-refractivity contribution in [3.8, 4) is 11.5 Å². The number of para-hydroxylation sites is 1. The first-order valence-corrected chi connectivity index (χ1v) is 4.35. The van der Waals surface area contributed by atoms with Gasteiger partial charge in [0.25, 0.3) is 0 Å². The van der Waals surface area contributed by atoms with Crippen LogP contribution in [0.25, 0.3) is 10.9 Å². The van der Waals surface area contributed by atoms with E-state index in [1.165, 1.54) is 6.20 Å². The van der Waals surface area contributed by atoms with E-state index >= 15 is 0 Å². The fourth-order valence-electron chi connectivity index (χ4n) is 1.48. The van der Waals surface area contributed by atoms with Crippen LogP contribution in [0.3, 0.4) is 0 Å². The van der Waals surface area contributed by atoms with E-state index in [4.69, 9.17) is 4.74 Å². The van der Waals surface area contributed by atoms with E-state index in [2.05, 4.69) is 4.98 Å². The molecule has 1 aromatic heterocycles. The average molecular weight is 189 g/mol. The lowest BCUT2D eigenvalue weighted by atomic mass is 10.1. The van der Waals surface area contributed by atoms with Gasteiger partial charge in [0, 0.05) is 10.9 Å². The summed E-state index contributed by atoms with van der Waals surface area (Å²) in [5.41, 5.74) is 1.61. The number of hydrogen-bond donors (Lipinski definition) is 1. The Labute approximate surface area is 82.0 Å². The normalized spacial score (nSPS) is 10.4. The topological polar surface area (TPSA) is 42.4 Å². The Bertz CT molecular complexity index is 480. The summed E-state index contributed by atoms with van der Waals surface area (Å²) in [6.07, 6.45) is 1.44. The molecule has 0 unspecified atom stereocenters. The molecule has 0 saturated carbocycles. The second-order valence-electron chi connectivity index (χ2n) is 3.12. The Balaban J connectivity index is 2.86. The van der Waals surface area contributed by atoms with E-state index in [9.17, 15) is 5.11 Å². The number of aromatic nitrogens is 1. The highest BCUT2D eigenvalue weighted by atomic mass is 16.5. The number of hydrogen-bond acceptors (Lipinski definition) is 3. The van der Waals surface area contributed by atoms with E-state index < -0.39 is 0 Å². The van der Waals surface area contributed by atoms with E-state index in [1.807, 2.05) is 25.1 Å². The largest absolute Gasteiger partial charge is 0.506 e. The summed E-state index contributed by atoms with van der Waals surface area (Å²) in [5.74, 6) is 0.941. The Morgan fingerprint density at radius 3 is 2.86 bits per heavy atom. The van der Waals surface area contributed by atoms with Crippen molar-refractivity contribution in [2.75, 3.05) is 7.11 Å². The van der Waals surface area contributed by atoms with Crippen molar-refractivity contribution in [3.63, 3.8) is 0 Å². The Kier molecular flexibility index (Phi) is 2.00. The summed E-state index contributed by atoms with van der Waals surface area (Å²) in [6, 6.07) is 5.65. The summed E-state index contributed by atoms with van der Waals surface area (Å²) < 4.78 is 5.18. The number of ether oxygens (including phenoxy) is 1. The van der Waals surface area contributed by atoms with Crippen molar-refractivity contribution in [2.24, 2.45) is 0 Å². The molecule has 3 heteroatoms. The van der Waals surface area contributed by atoms with Gasteiger partial charge in [-0.2, -0.15) is 0 Å². The van der Waals surface area contributed by atoms with E-state index in [1.54, 1.807) is 7.11 Å². The summed E-state index contributed by atoms with van der Waals surface area (Å²) in [7, 11) is 1.61. The fourth-order valence-corrected chi connectivity index (χ4v) is 1.48. The van der Waals surface area contributed by atoms with Gasteiger partial charge >= 0.3 is 0 Å². The minimum Gasteiger partial charge on any atom is -0.506 e. The van der Waals surface area contributed by atoms with E-state index in [-0.39, 0.29) is 5.75 Å². The zero-order chi connectivity index (χ0) is 10.1. The van der Waals surface area contributed by atoms with Crippen molar-refractivity contribution in [1.82, 2.24) is 4.98 Å². The molecule has 72 valence electrons. The van der Waals surface area contributed by atoms with Crippen LogP contribution in [0.4, 0.5) is 0 Å². The molecule has 0 aliphatic rings. The number of fused-ring (bicyclic) bond motifs is 1. The van der Waals surface area contributed by atoms with Gasteiger partial charge in [0.1, 0.15) is 17.0 Å². The predicted molar refractivity (Wildman–Crippen MR) is 54.7 cm³/mol. The van der Waals surface area contributed by atoms with Gasteiger partial charge in [0.15, 0.2) is 0 Å². The molecule has 0 fully saturated rings.